The van der Waals surface area contributed by atoms with Crippen molar-refractivity contribution in [2.75, 3.05) is 27.3 Å². The van der Waals surface area contributed by atoms with Crippen LogP contribution in [0.25, 0.3) is 0 Å². The van der Waals surface area contributed by atoms with Gasteiger partial charge in [-0.15, -0.1) is 12.4 Å². The fourth-order valence-electron chi connectivity index (χ4n) is 2.34. The molecule has 0 aliphatic carbocycles. The molecule has 0 atom stereocenters. The summed E-state index contributed by atoms with van der Waals surface area (Å²) < 4.78 is 10.6. The van der Waals surface area contributed by atoms with Gasteiger partial charge in [0.05, 0.1) is 14.2 Å². The number of nitrogens with zero attached hydrogens (tertiary/aromatic N) is 1. The first-order valence-electron chi connectivity index (χ1n) is 6.27. The van der Waals surface area contributed by atoms with E-state index in [0.29, 0.717) is 0 Å². The van der Waals surface area contributed by atoms with Crippen molar-refractivity contribution in [1.82, 2.24) is 4.90 Å². The van der Waals surface area contributed by atoms with E-state index in [1.54, 1.807) is 14.2 Å². The summed E-state index contributed by atoms with van der Waals surface area (Å²) in [6, 6.07) is 6.06. The first kappa shape index (κ1) is 15.1. The van der Waals surface area contributed by atoms with E-state index < -0.39 is 0 Å². The van der Waals surface area contributed by atoms with Gasteiger partial charge in [-0.3, -0.25) is 4.90 Å². The molecule has 0 bridgehead atoms. The standard InChI is InChI=1S/C14H21NO2.ClH/c1-16-13-7-6-12(14(10-13)17-2)11-15-8-4-3-5-9-15;/h6-7,10H,3-5,8-9,11H2,1-2H3;1H. The van der Waals surface area contributed by atoms with Crippen LogP contribution in [0.2, 0.25) is 0 Å². The highest BCUT2D eigenvalue weighted by atomic mass is 35.5. The summed E-state index contributed by atoms with van der Waals surface area (Å²) in [5, 5.41) is 0. The molecular formula is C14H22ClNO2. The number of halogens is 1. The van der Waals surface area contributed by atoms with E-state index >= 15 is 0 Å². The molecule has 1 aliphatic heterocycles. The van der Waals surface area contributed by atoms with Crippen LogP contribution in [0.5, 0.6) is 11.5 Å². The van der Waals surface area contributed by atoms with E-state index in [1.807, 2.05) is 12.1 Å². The van der Waals surface area contributed by atoms with Crippen LogP contribution in [0.15, 0.2) is 18.2 Å². The smallest absolute Gasteiger partial charge is 0.127 e. The van der Waals surface area contributed by atoms with Crippen LogP contribution in [-0.2, 0) is 6.54 Å². The van der Waals surface area contributed by atoms with E-state index in [2.05, 4.69) is 11.0 Å². The monoisotopic (exact) mass is 271 g/mol. The van der Waals surface area contributed by atoms with Crippen LogP contribution >= 0.6 is 12.4 Å². The van der Waals surface area contributed by atoms with Gasteiger partial charge in [0.2, 0.25) is 0 Å². The molecule has 2 rings (SSSR count). The van der Waals surface area contributed by atoms with E-state index in [1.165, 1.54) is 37.9 Å². The Balaban J connectivity index is 0.00000162. The van der Waals surface area contributed by atoms with E-state index in [0.717, 1.165) is 18.0 Å². The van der Waals surface area contributed by atoms with Crippen molar-refractivity contribution in [3.05, 3.63) is 23.8 Å². The van der Waals surface area contributed by atoms with Crippen LogP contribution in [0.1, 0.15) is 24.8 Å². The van der Waals surface area contributed by atoms with Gasteiger partial charge in [-0.1, -0.05) is 12.5 Å². The van der Waals surface area contributed by atoms with Gasteiger partial charge in [-0.2, -0.15) is 0 Å². The highest BCUT2D eigenvalue weighted by molar-refractivity contribution is 5.85. The van der Waals surface area contributed by atoms with E-state index in [-0.39, 0.29) is 12.4 Å². The molecule has 0 unspecified atom stereocenters. The average Bonchev–Trinajstić information content (AvgIpc) is 2.40. The Labute approximate surface area is 115 Å². The molecule has 1 saturated heterocycles. The first-order valence-corrected chi connectivity index (χ1v) is 6.27. The fraction of sp³-hybridized carbons (Fsp3) is 0.571. The minimum Gasteiger partial charge on any atom is -0.497 e. The first-order chi connectivity index (χ1) is 8.33. The quantitative estimate of drug-likeness (QED) is 0.840. The minimum absolute atomic E-state index is 0. The number of benzene rings is 1. The number of ether oxygens (including phenoxy) is 2. The predicted octanol–water partition coefficient (Wildman–Crippen LogP) is 3.11. The molecule has 1 aliphatic rings. The van der Waals surface area contributed by atoms with Gasteiger partial charge >= 0.3 is 0 Å². The van der Waals surface area contributed by atoms with Crippen molar-refractivity contribution in [3.63, 3.8) is 0 Å². The second-order valence-electron chi connectivity index (χ2n) is 4.51. The zero-order valence-electron chi connectivity index (χ0n) is 11.1. The molecule has 102 valence electrons. The number of methoxy groups -OCH3 is 2. The summed E-state index contributed by atoms with van der Waals surface area (Å²) in [5.74, 6) is 1.78. The van der Waals surface area contributed by atoms with Crippen molar-refractivity contribution in [1.29, 1.82) is 0 Å². The molecule has 0 aromatic heterocycles. The molecule has 3 nitrogen and oxygen atoms in total. The topological polar surface area (TPSA) is 21.7 Å². The van der Waals surface area contributed by atoms with Crippen LogP contribution in [0.3, 0.4) is 0 Å². The number of hydrogen-bond donors (Lipinski definition) is 0. The Kier molecular flexibility index (Phi) is 6.30. The van der Waals surface area contributed by atoms with Crippen LogP contribution in [0, 0.1) is 0 Å². The summed E-state index contributed by atoms with van der Waals surface area (Å²) in [6.45, 7) is 3.39. The van der Waals surface area contributed by atoms with Gasteiger partial charge in [0.1, 0.15) is 11.5 Å². The Morgan fingerprint density at radius 1 is 1.06 bits per heavy atom. The molecule has 0 saturated carbocycles. The number of rotatable bonds is 4. The largest absolute Gasteiger partial charge is 0.497 e. The second-order valence-corrected chi connectivity index (χ2v) is 4.51. The normalized spacial score (nSPS) is 15.9. The van der Waals surface area contributed by atoms with Crippen molar-refractivity contribution >= 4 is 12.4 Å². The van der Waals surface area contributed by atoms with E-state index in [9.17, 15) is 0 Å². The lowest BCUT2D eigenvalue weighted by Gasteiger charge is -2.27. The summed E-state index contributed by atoms with van der Waals surface area (Å²) in [4.78, 5) is 2.49. The molecule has 0 N–H and O–H groups in total. The molecule has 4 heteroatoms. The van der Waals surface area contributed by atoms with Crippen molar-refractivity contribution in [2.45, 2.75) is 25.8 Å². The molecular weight excluding hydrogens is 250 g/mol. The zero-order valence-corrected chi connectivity index (χ0v) is 12.0. The molecule has 1 heterocycles. The summed E-state index contributed by atoms with van der Waals surface area (Å²) in [6.07, 6.45) is 4.01. The lowest BCUT2D eigenvalue weighted by Crippen LogP contribution is -2.29. The zero-order chi connectivity index (χ0) is 12.1. The average molecular weight is 272 g/mol. The molecule has 18 heavy (non-hydrogen) atoms. The molecule has 1 aromatic rings. The second kappa shape index (κ2) is 7.49. The highest BCUT2D eigenvalue weighted by Gasteiger charge is 2.13. The highest BCUT2D eigenvalue weighted by Crippen LogP contribution is 2.26. The maximum Gasteiger partial charge on any atom is 0.127 e. The predicted molar refractivity (Wildman–Crippen MR) is 75.9 cm³/mol. The molecule has 0 radical (unpaired) electrons. The van der Waals surface area contributed by atoms with E-state index in [4.69, 9.17) is 9.47 Å². The van der Waals surface area contributed by atoms with Crippen LogP contribution < -0.4 is 9.47 Å². The van der Waals surface area contributed by atoms with Crippen LogP contribution in [0.4, 0.5) is 0 Å². The third-order valence-corrected chi connectivity index (χ3v) is 3.34. The Morgan fingerprint density at radius 2 is 1.78 bits per heavy atom. The summed E-state index contributed by atoms with van der Waals surface area (Å²) in [5.41, 5.74) is 1.25. The van der Waals surface area contributed by atoms with Gasteiger partial charge in [-0.25, -0.2) is 0 Å². The fourth-order valence-corrected chi connectivity index (χ4v) is 2.34. The van der Waals surface area contributed by atoms with Crippen molar-refractivity contribution in [2.24, 2.45) is 0 Å². The minimum atomic E-state index is 0. The Morgan fingerprint density at radius 3 is 2.39 bits per heavy atom. The number of likely N-dealkylation sites (tertiary alicyclic amines) is 1. The summed E-state index contributed by atoms with van der Waals surface area (Å²) >= 11 is 0. The maximum absolute atomic E-state index is 5.42. The van der Waals surface area contributed by atoms with Crippen LogP contribution in [-0.4, -0.2) is 32.2 Å². The third kappa shape index (κ3) is 3.79. The number of piperidine rings is 1. The molecule has 1 fully saturated rings. The third-order valence-electron chi connectivity index (χ3n) is 3.34. The van der Waals surface area contributed by atoms with Gasteiger partial charge in [-0.05, 0) is 32.0 Å². The lowest BCUT2D eigenvalue weighted by molar-refractivity contribution is 0.218. The molecule has 0 amide bonds. The lowest BCUT2D eigenvalue weighted by atomic mass is 10.1. The molecule has 0 spiro atoms. The van der Waals surface area contributed by atoms with Gasteiger partial charge in [0.25, 0.3) is 0 Å². The maximum atomic E-state index is 5.42. The van der Waals surface area contributed by atoms with Crippen molar-refractivity contribution in [3.8, 4) is 11.5 Å². The van der Waals surface area contributed by atoms with Gasteiger partial charge in [0, 0.05) is 18.2 Å². The van der Waals surface area contributed by atoms with Gasteiger partial charge in [0.15, 0.2) is 0 Å². The van der Waals surface area contributed by atoms with Gasteiger partial charge < -0.3 is 9.47 Å². The number of hydrogen-bond acceptors (Lipinski definition) is 3. The Bertz CT molecular complexity index is 365. The Hall–Kier alpha value is -0.930. The van der Waals surface area contributed by atoms with Crippen molar-refractivity contribution < 1.29 is 9.47 Å². The summed E-state index contributed by atoms with van der Waals surface area (Å²) in [7, 11) is 3.40. The SMILES string of the molecule is COc1ccc(CN2CCCCC2)c(OC)c1.Cl. The molecule has 1 aromatic carbocycles.